The van der Waals surface area contributed by atoms with Crippen molar-refractivity contribution in [1.82, 2.24) is 4.90 Å². The van der Waals surface area contributed by atoms with Gasteiger partial charge in [-0.15, -0.1) is 0 Å². The first-order valence-corrected chi connectivity index (χ1v) is 9.89. The van der Waals surface area contributed by atoms with Crippen LogP contribution in [-0.4, -0.2) is 51.0 Å². The van der Waals surface area contributed by atoms with Crippen LogP contribution in [-0.2, 0) is 13.0 Å². The third-order valence-corrected chi connectivity index (χ3v) is 5.75. The molecule has 0 aliphatic carbocycles. The van der Waals surface area contributed by atoms with Gasteiger partial charge in [-0.2, -0.15) is 0 Å². The van der Waals surface area contributed by atoms with Crippen molar-refractivity contribution < 1.29 is 23.7 Å². The number of hydrogen-bond acceptors (Lipinski definition) is 5. The summed E-state index contributed by atoms with van der Waals surface area (Å²) in [6.45, 7) is 2.50. The molecular formula is C23H30FNO4. The van der Waals surface area contributed by atoms with Crippen molar-refractivity contribution in [2.24, 2.45) is 5.41 Å². The zero-order valence-electron chi connectivity index (χ0n) is 17.4. The van der Waals surface area contributed by atoms with E-state index in [1.807, 2.05) is 24.3 Å². The summed E-state index contributed by atoms with van der Waals surface area (Å²) in [6, 6.07) is 10.5. The second-order valence-electron chi connectivity index (χ2n) is 7.77. The third-order valence-electron chi connectivity index (χ3n) is 5.75. The molecule has 0 bridgehead atoms. The highest BCUT2D eigenvalue weighted by molar-refractivity contribution is 5.55. The van der Waals surface area contributed by atoms with Crippen LogP contribution in [0.15, 0.2) is 36.4 Å². The van der Waals surface area contributed by atoms with Crippen LogP contribution in [0.2, 0.25) is 0 Å². The van der Waals surface area contributed by atoms with Gasteiger partial charge >= 0.3 is 0 Å². The highest BCUT2D eigenvalue weighted by Gasteiger charge is 2.35. The summed E-state index contributed by atoms with van der Waals surface area (Å²) in [7, 11) is 4.83. The standard InChI is InChI=1S/C23H30FNO4/c1-27-20-10-7-18(21(28-2)22(20)29-3)14-25-12-4-11-23(15-25,16-26)13-17-5-8-19(24)9-6-17/h5-10,26H,4,11-16H2,1-3H3/t23-/m0/s1. The van der Waals surface area contributed by atoms with Crippen molar-refractivity contribution in [3.63, 3.8) is 0 Å². The molecule has 2 aromatic carbocycles. The first-order chi connectivity index (χ1) is 14.0. The maximum atomic E-state index is 13.2. The predicted octanol–water partition coefficient (Wildman–Crippen LogP) is 3.67. The predicted molar refractivity (Wildman–Crippen MR) is 110 cm³/mol. The summed E-state index contributed by atoms with van der Waals surface area (Å²) >= 11 is 0. The summed E-state index contributed by atoms with van der Waals surface area (Å²) in [6.07, 6.45) is 2.67. The molecule has 1 N–H and O–H groups in total. The molecule has 1 saturated heterocycles. The molecule has 1 fully saturated rings. The van der Waals surface area contributed by atoms with Crippen molar-refractivity contribution in [1.29, 1.82) is 0 Å². The van der Waals surface area contributed by atoms with E-state index in [0.717, 1.165) is 43.5 Å². The molecule has 158 valence electrons. The smallest absolute Gasteiger partial charge is 0.203 e. The lowest BCUT2D eigenvalue weighted by Gasteiger charge is -2.42. The van der Waals surface area contributed by atoms with Crippen LogP contribution in [0, 0.1) is 11.2 Å². The van der Waals surface area contributed by atoms with Crippen molar-refractivity contribution in [3.8, 4) is 17.2 Å². The number of aliphatic hydroxyl groups excluding tert-OH is 1. The minimum absolute atomic E-state index is 0.101. The molecule has 0 spiro atoms. The van der Waals surface area contributed by atoms with Crippen molar-refractivity contribution in [2.75, 3.05) is 41.0 Å². The van der Waals surface area contributed by atoms with E-state index < -0.39 is 0 Å². The lowest BCUT2D eigenvalue weighted by atomic mass is 9.75. The summed E-state index contributed by atoms with van der Waals surface area (Å²) in [5.41, 5.74) is 1.83. The van der Waals surface area contributed by atoms with Crippen molar-refractivity contribution in [3.05, 3.63) is 53.3 Å². The number of methoxy groups -OCH3 is 3. The maximum absolute atomic E-state index is 13.2. The molecule has 2 aromatic rings. The highest BCUT2D eigenvalue weighted by Crippen LogP contribution is 2.41. The van der Waals surface area contributed by atoms with E-state index in [9.17, 15) is 9.50 Å². The number of halogens is 1. The fourth-order valence-corrected chi connectivity index (χ4v) is 4.34. The number of likely N-dealkylation sites (tertiary alicyclic amines) is 1. The number of benzene rings is 2. The Morgan fingerprint density at radius 2 is 1.72 bits per heavy atom. The SMILES string of the molecule is COc1ccc(CN2CCC[C@](CO)(Cc3ccc(F)cc3)C2)c(OC)c1OC. The van der Waals surface area contributed by atoms with Gasteiger partial charge in [0.1, 0.15) is 5.82 Å². The Labute approximate surface area is 172 Å². The molecule has 0 aromatic heterocycles. The third kappa shape index (κ3) is 4.82. The topological polar surface area (TPSA) is 51.2 Å². The van der Waals surface area contributed by atoms with Gasteiger partial charge in [0.15, 0.2) is 11.5 Å². The van der Waals surface area contributed by atoms with Gasteiger partial charge in [0.2, 0.25) is 5.75 Å². The fraction of sp³-hybridized carbons (Fsp3) is 0.478. The number of nitrogens with zero attached hydrogens (tertiary/aromatic N) is 1. The lowest BCUT2D eigenvalue weighted by molar-refractivity contribution is 0.0285. The molecule has 5 nitrogen and oxygen atoms in total. The van der Waals surface area contributed by atoms with Gasteiger partial charge in [-0.1, -0.05) is 18.2 Å². The molecular weight excluding hydrogens is 373 g/mol. The normalized spacial score (nSPS) is 19.8. The average molecular weight is 403 g/mol. The van der Waals surface area contributed by atoms with E-state index in [0.29, 0.717) is 23.8 Å². The Morgan fingerprint density at radius 3 is 2.34 bits per heavy atom. The molecule has 1 atom stereocenters. The van der Waals surface area contributed by atoms with E-state index in [1.165, 1.54) is 12.1 Å². The largest absolute Gasteiger partial charge is 0.493 e. The molecule has 6 heteroatoms. The number of ether oxygens (including phenoxy) is 3. The minimum atomic E-state index is -0.238. The summed E-state index contributed by atoms with van der Waals surface area (Å²) < 4.78 is 29.7. The number of aliphatic hydroxyl groups is 1. The van der Waals surface area contributed by atoms with Gasteiger partial charge in [-0.05, 0) is 49.6 Å². The monoisotopic (exact) mass is 403 g/mol. The summed E-state index contributed by atoms with van der Waals surface area (Å²) in [4.78, 5) is 2.34. The Kier molecular flexibility index (Phi) is 6.98. The Morgan fingerprint density at radius 1 is 1.00 bits per heavy atom. The average Bonchev–Trinajstić information content (AvgIpc) is 2.75. The van der Waals surface area contributed by atoms with Crippen LogP contribution in [0.4, 0.5) is 4.39 Å². The molecule has 3 rings (SSSR count). The van der Waals surface area contributed by atoms with Crippen LogP contribution >= 0.6 is 0 Å². The number of hydrogen-bond donors (Lipinski definition) is 1. The van der Waals surface area contributed by atoms with Gasteiger partial charge in [-0.25, -0.2) is 4.39 Å². The minimum Gasteiger partial charge on any atom is -0.493 e. The molecule has 0 amide bonds. The van der Waals surface area contributed by atoms with Crippen molar-refractivity contribution >= 4 is 0 Å². The maximum Gasteiger partial charge on any atom is 0.203 e. The first kappa shape index (κ1) is 21.4. The van der Waals surface area contributed by atoms with Crippen LogP contribution in [0.25, 0.3) is 0 Å². The zero-order valence-corrected chi connectivity index (χ0v) is 17.4. The first-order valence-electron chi connectivity index (χ1n) is 9.89. The van der Waals surface area contributed by atoms with E-state index in [1.54, 1.807) is 21.3 Å². The second-order valence-corrected chi connectivity index (χ2v) is 7.77. The van der Waals surface area contributed by atoms with E-state index in [4.69, 9.17) is 14.2 Å². The lowest BCUT2D eigenvalue weighted by Crippen LogP contribution is -2.46. The zero-order chi connectivity index (χ0) is 20.9. The molecule has 29 heavy (non-hydrogen) atoms. The van der Waals surface area contributed by atoms with Crippen LogP contribution in [0.1, 0.15) is 24.0 Å². The molecule has 0 unspecified atom stereocenters. The van der Waals surface area contributed by atoms with Crippen molar-refractivity contribution in [2.45, 2.75) is 25.8 Å². The molecule has 1 heterocycles. The molecule has 1 aliphatic heterocycles. The van der Waals surface area contributed by atoms with E-state index in [-0.39, 0.29) is 17.8 Å². The van der Waals surface area contributed by atoms with E-state index >= 15 is 0 Å². The Hall–Kier alpha value is -2.31. The quantitative estimate of drug-likeness (QED) is 0.729. The summed E-state index contributed by atoms with van der Waals surface area (Å²) in [5.74, 6) is 1.65. The van der Waals surface area contributed by atoms with Crippen LogP contribution in [0.3, 0.4) is 0 Å². The van der Waals surface area contributed by atoms with Crippen LogP contribution < -0.4 is 14.2 Å². The van der Waals surface area contributed by atoms with Gasteiger partial charge in [0, 0.05) is 24.1 Å². The summed E-state index contributed by atoms with van der Waals surface area (Å²) in [5, 5.41) is 10.2. The Balaban J connectivity index is 1.79. The molecule has 0 saturated carbocycles. The molecule has 1 aliphatic rings. The van der Waals surface area contributed by atoms with Gasteiger partial charge in [0.05, 0.1) is 27.9 Å². The van der Waals surface area contributed by atoms with Crippen LogP contribution in [0.5, 0.6) is 17.2 Å². The van der Waals surface area contributed by atoms with Gasteiger partial charge in [0.25, 0.3) is 0 Å². The van der Waals surface area contributed by atoms with E-state index in [2.05, 4.69) is 4.90 Å². The number of rotatable bonds is 8. The molecule has 0 radical (unpaired) electrons. The Bertz CT molecular complexity index is 811. The highest BCUT2D eigenvalue weighted by atomic mass is 19.1. The fourth-order valence-electron chi connectivity index (χ4n) is 4.34. The van der Waals surface area contributed by atoms with Gasteiger partial charge < -0.3 is 19.3 Å². The second kappa shape index (κ2) is 9.46. The number of piperidine rings is 1. The van der Waals surface area contributed by atoms with Gasteiger partial charge in [-0.3, -0.25) is 4.90 Å².